The van der Waals surface area contributed by atoms with E-state index in [-0.39, 0.29) is 10.8 Å². The van der Waals surface area contributed by atoms with Gasteiger partial charge in [-0.05, 0) is 18.2 Å². The normalized spacial score (nSPS) is 9.42. The maximum atomic E-state index is 10.4. The average Bonchev–Trinajstić information content (AvgIpc) is 1.96. The summed E-state index contributed by atoms with van der Waals surface area (Å²) in [5.41, 5.74) is 5.31. The maximum Gasteiger partial charge on any atom is 0.316 e. The van der Waals surface area contributed by atoms with Crippen LogP contribution in [0.1, 0.15) is 0 Å². The van der Waals surface area contributed by atoms with Crippen molar-refractivity contribution in [3.8, 4) is 5.75 Å². The van der Waals surface area contributed by atoms with Crippen LogP contribution in [0.25, 0.3) is 0 Å². The first-order valence-electron chi connectivity index (χ1n) is 3.14. The molecule has 4 N–H and O–H groups in total. The summed E-state index contributed by atoms with van der Waals surface area (Å²) in [6, 6.07) is 3.60. The maximum absolute atomic E-state index is 10.4. The average molecular weight is 187 g/mol. The molecule has 0 heterocycles. The van der Waals surface area contributed by atoms with Crippen molar-refractivity contribution < 1.29 is 9.90 Å². The Kier molecular flexibility index (Phi) is 2.40. The summed E-state index contributed by atoms with van der Waals surface area (Å²) in [6.45, 7) is 0. The fraction of sp³-hybridized carbons (Fsp3) is 0. The fourth-order valence-electron chi connectivity index (χ4n) is 0.727. The highest BCUT2D eigenvalue weighted by atomic mass is 35.5. The summed E-state index contributed by atoms with van der Waals surface area (Å²) in [7, 11) is 0. The fourth-order valence-corrected chi connectivity index (χ4v) is 0.907. The van der Waals surface area contributed by atoms with Gasteiger partial charge < -0.3 is 16.2 Å². The van der Waals surface area contributed by atoms with Crippen LogP contribution in [0.3, 0.4) is 0 Å². The molecule has 1 aromatic carbocycles. The Hall–Kier alpha value is -1.42. The Balaban J connectivity index is 2.89. The Morgan fingerprint density at radius 3 is 2.75 bits per heavy atom. The molecule has 0 aliphatic carbocycles. The van der Waals surface area contributed by atoms with Gasteiger partial charge in [-0.3, -0.25) is 0 Å². The Bertz CT molecular complexity index is 314. The lowest BCUT2D eigenvalue weighted by molar-refractivity contribution is 0.259. The molecule has 12 heavy (non-hydrogen) atoms. The number of aromatic hydroxyl groups is 1. The van der Waals surface area contributed by atoms with Crippen LogP contribution in [0.4, 0.5) is 10.5 Å². The van der Waals surface area contributed by atoms with Crippen LogP contribution in [-0.4, -0.2) is 11.1 Å². The highest BCUT2D eigenvalue weighted by Crippen LogP contribution is 2.25. The first kappa shape index (κ1) is 8.67. The smallest absolute Gasteiger partial charge is 0.316 e. The predicted molar refractivity (Wildman–Crippen MR) is 46.3 cm³/mol. The molecule has 0 aliphatic heterocycles. The largest absolute Gasteiger partial charge is 0.506 e. The van der Waals surface area contributed by atoms with E-state index in [1.54, 1.807) is 0 Å². The molecule has 0 spiro atoms. The van der Waals surface area contributed by atoms with Gasteiger partial charge in [-0.2, -0.15) is 0 Å². The molecule has 5 heteroatoms. The highest BCUT2D eigenvalue weighted by molar-refractivity contribution is 6.32. The number of amides is 2. The van der Waals surface area contributed by atoms with Gasteiger partial charge in [-0.25, -0.2) is 4.79 Å². The van der Waals surface area contributed by atoms with Crippen molar-refractivity contribution in [3.05, 3.63) is 23.2 Å². The molecule has 4 nitrogen and oxygen atoms in total. The van der Waals surface area contributed by atoms with Crippen molar-refractivity contribution in [2.24, 2.45) is 5.73 Å². The monoisotopic (exact) mass is 186 g/mol. The molecule has 0 radical (unpaired) electrons. The first-order valence-corrected chi connectivity index (χ1v) is 3.52. The molecule has 1 rings (SSSR count). The summed E-state index contributed by atoms with van der Waals surface area (Å²) < 4.78 is 0. The van der Waals surface area contributed by atoms with E-state index in [2.05, 4.69) is 5.32 Å². The van der Waals surface area contributed by atoms with Crippen molar-refractivity contribution in [2.75, 3.05) is 5.32 Å². The third kappa shape index (κ3) is 2.03. The van der Waals surface area contributed by atoms with E-state index in [4.69, 9.17) is 22.4 Å². The molecule has 0 unspecified atom stereocenters. The van der Waals surface area contributed by atoms with E-state index < -0.39 is 6.03 Å². The van der Waals surface area contributed by atoms with Gasteiger partial charge in [-0.15, -0.1) is 0 Å². The minimum absolute atomic E-state index is 0.0355. The van der Waals surface area contributed by atoms with Crippen LogP contribution in [0.2, 0.25) is 5.02 Å². The summed E-state index contributed by atoms with van der Waals surface area (Å²) in [5.74, 6) is -0.0355. The second-order valence-corrected chi connectivity index (χ2v) is 2.56. The van der Waals surface area contributed by atoms with Crippen molar-refractivity contribution in [1.29, 1.82) is 0 Å². The molecule has 64 valence electrons. The number of halogens is 1. The van der Waals surface area contributed by atoms with Gasteiger partial charge in [0.2, 0.25) is 0 Å². The number of hydrogen-bond acceptors (Lipinski definition) is 2. The van der Waals surface area contributed by atoms with Crippen LogP contribution in [0, 0.1) is 0 Å². The summed E-state index contributed by atoms with van der Waals surface area (Å²) in [4.78, 5) is 10.4. The summed E-state index contributed by atoms with van der Waals surface area (Å²) in [6.07, 6.45) is 0. The van der Waals surface area contributed by atoms with Gasteiger partial charge in [0.05, 0.1) is 5.02 Å². The molecule has 2 amide bonds. The minimum Gasteiger partial charge on any atom is -0.506 e. The quantitative estimate of drug-likeness (QED) is 0.582. The molecule has 0 aliphatic rings. The number of urea groups is 1. The zero-order chi connectivity index (χ0) is 9.14. The van der Waals surface area contributed by atoms with Crippen LogP contribution in [0.5, 0.6) is 5.75 Å². The summed E-state index contributed by atoms with van der Waals surface area (Å²) >= 11 is 5.56. The molecule has 0 aromatic heterocycles. The lowest BCUT2D eigenvalue weighted by Crippen LogP contribution is -2.19. The molecule has 0 fully saturated rings. The second-order valence-electron chi connectivity index (χ2n) is 2.16. The molecular formula is C7H7ClN2O2. The number of rotatable bonds is 1. The number of anilines is 1. The van der Waals surface area contributed by atoms with Crippen LogP contribution < -0.4 is 11.1 Å². The van der Waals surface area contributed by atoms with Gasteiger partial charge in [0.15, 0.2) is 0 Å². The molecular weight excluding hydrogens is 180 g/mol. The summed E-state index contributed by atoms with van der Waals surface area (Å²) in [5, 5.41) is 11.5. The third-order valence-corrected chi connectivity index (χ3v) is 1.52. The molecule has 0 saturated carbocycles. The highest BCUT2D eigenvalue weighted by Gasteiger charge is 2.00. The van der Waals surface area contributed by atoms with Gasteiger partial charge in [0.1, 0.15) is 5.75 Å². The number of hydrogen-bond donors (Lipinski definition) is 3. The number of carbonyl (C=O) groups is 1. The van der Waals surface area contributed by atoms with E-state index >= 15 is 0 Å². The zero-order valence-electron chi connectivity index (χ0n) is 6.04. The standard InChI is InChI=1S/C7H7ClN2O2/c8-5-3-4(10-7(9)12)1-2-6(5)11/h1-3,11H,(H3,9,10,12). The first-order chi connectivity index (χ1) is 5.59. The molecule has 0 bridgehead atoms. The Morgan fingerprint density at radius 2 is 2.25 bits per heavy atom. The predicted octanol–water partition coefficient (Wildman–Crippen LogP) is 1.54. The van der Waals surface area contributed by atoms with E-state index in [1.807, 2.05) is 0 Å². The molecule has 1 aromatic rings. The number of nitrogens with one attached hydrogen (secondary N) is 1. The van der Waals surface area contributed by atoms with E-state index in [0.717, 1.165) is 0 Å². The second kappa shape index (κ2) is 3.32. The number of phenolic OH excluding ortho intramolecular Hbond substituents is 1. The number of benzene rings is 1. The number of carbonyl (C=O) groups excluding carboxylic acids is 1. The van der Waals surface area contributed by atoms with Gasteiger partial charge in [0.25, 0.3) is 0 Å². The minimum atomic E-state index is -0.670. The van der Waals surface area contributed by atoms with Crippen LogP contribution in [0.15, 0.2) is 18.2 Å². The van der Waals surface area contributed by atoms with Gasteiger partial charge in [-0.1, -0.05) is 11.6 Å². The van der Waals surface area contributed by atoms with E-state index in [1.165, 1.54) is 18.2 Å². The van der Waals surface area contributed by atoms with Crippen molar-refractivity contribution in [1.82, 2.24) is 0 Å². The Morgan fingerprint density at radius 1 is 1.58 bits per heavy atom. The topological polar surface area (TPSA) is 75.4 Å². The number of nitrogens with two attached hydrogens (primary N) is 1. The number of phenols is 1. The Labute approximate surface area is 73.9 Å². The molecule has 0 atom stereocenters. The van der Waals surface area contributed by atoms with E-state index in [9.17, 15) is 4.79 Å². The third-order valence-electron chi connectivity index (χ3n) is 1.22. The lowest BCUT2D eigenvalue weighted by Gasteiger charge is -2.02. The van der Waals surface area contributed by atoms with Crippen LogP contribution in [-0.2, 0) is 0 Å². The van der Waals surface area contributed by atoms with Gasteiger partial charge in [0, 0.05) is 5.69 Å². The van der Waals surface area contributed by atoms with E-state index in [0.29, 0.717) is 5.69 Å². The van der Waals surface area contributed by atoms with Gasteiger partial charge >= 0.3 is 6.03 Å². The van der Waals surface area contributed by atoms with Crippen molar-refractivity contribution in [3.63, 3.8) is 0 Å². The number of primary amides is 1. The van der Waals surface area contributed by atoms with Crippen molar-refractivity contribution >= 4 is 23.3 Å². The zero-order valence-corrected chi connectivity index (χ0v) is 6.80. The SMILES string of the molecule is NC(=O)Nc1ccc(O)c(Cl)c1. The van der Waals surface area contributed by atoms with Crippen LogP contribution >= 0.6 is 11.6 Å². The molecule has 0 saturated heterocycles. The lowest BCUT2D eigenvalue weighted by atomic mass is 10.3. The van der Waals surface area contributed by atoms with Crippen molar-refractivity contribution in [2.45, 2.75) is 0 Å².